The molecule has 1 aliphatic rings. The molecule has 0 bridgehead atoms. The third-order valence-electron chi connectivity index (χ3n) is 2.75. The van der Waals surface area contributed by atoms with Gasteiger partial charge in [0.25, 0.3) is 5.91 Å². The van der Waals surface area contributed by atoms with Crippen LogP contribution in [0.2, 0.25) is 0 Å². The molecule has 4 nitrogen and oxygen atoms in total. The van der Waals surface area contributed by atoms with Gasteiger partial charge in [-0.1, -0.05) is 12.8 Å². The Kier molecular flexibility index (Phi) is 2.52. The molecule has 1 aromatic heterocycles. The molecule has 4 heteroatoms. The van der Waals surface area contributed by atoms with Crippen LogP contribution in [0.25, 0.3) is 0 Å². The number of amides is 1. The third kappa shape index (κ3) is 1.78. The van der Waals surface area contributed by atoms with Crippen LogP contribution in [-0.4, -0.2) is 22.1 Å². The quantitative estimate of drug-likeness (QED) is 0.745. The van der Waals surface area contributed by atoms with Gasteiger partial charge in [0, 0.05) is 6.04 Å². The zero-order valence-electron chi connectivity index (χ0n) is 8.34. The molecule has 2 rings (SSSR count). The van der Waals surface area contributed by atoms with Gasteiger partial charge in [0.2, 0.25) is 0 Å². The molecule has 0 aliphatic heterocycles. The number of aryl methyl sites for hydroxylation is 1. The fraction of sp³-hybridized carbons (Fsp3) is 0.600. The Morgan fingerprint density at radius 1 is 1.57 bits per heavy atom. The Hall–Kier alpha value is -1.32. The lowest BCUT2D eigenvalue weighted by molar-refractivity contribution is 0.0932. The molecule has 0 spiro atoms. The highest BCUT2D eigenvalue weighted by Gasteiger charge is 2.19. The van der Waals surface area contributed by atoms with Gasteiger partial charge in [-0.3, -0.25) is 9.89 Å². The first-order valence-electron chi connectivity index (χ1n) is 5.08. The van der Waals surface area contributed by atoms with Crippen molar-refractivity contribution in [3.05, 3.63) is 17.5 Å². The largest absolute Gasteiger partial charge is 0.348 e. The summed E-state index contributed by atoms with van der Waals surface area (Å²) < 4.78 is 0. The van der Waals surface area contributed by atoms with Crippen molar-refractivity contribution in [1.82, 2.24) is 15.5 Å². The second kappa shape index (κ2) is 3.82. The number of nitrogens with one attached hydrogen (secondary N) is 2. The number of carbonyl (C=O) groups excluding carboxylic acids is 1. The van der Waals surface area contributed by atoms with Gasteiger partial charge in [0.15, 0.2) is 0 Å². The summed E-state index contributed by atoms with van der Waals surface area (Å²) in [6, 6.07) is 0.366. The molecule has 0 aromatic carbocycles. The van der Waals surface area contributed by atoms with Gasteiger partial charge in [0.1, 0.15) is 5.69 Å². The lowest BCUT2D eigenvalue weighted by Gasteiger charge is -2.10. The first-order chi connectivity index (χ1) is 6.77. The predicted octanol–water partition coefficient (Wildman–Crippen LogP) is 1.39. The third-order valence-corrected chi connectivity index (χ3v) is 2.75. The van der Waals surface area contributed by atoms with Crippen molar-refractivity contribution in [2.45, 2.75) is 38.6 Å². The van der Waals surface area contributed by atoms with Gasteiger partial charge in [0.05, 0.1) is 6.20 Å². The second-order valence-electron chi connectivity index (χ2n) is 3.88. The number of carbonyl (C=O) groups is 1. The molecule has 0 radical (unpaired) electrons. The normalized spacial score (nSPS) is 17.2. The summed E-state index contributed by atoms with van der Waals surface area (Å²) in [6.07, 6.45) is 6.35. The summed E-state index contributed by atoms with van der Waals surface area (Å²) in [5.74, 6) is -0.0214. The molecule has 1 aromatic rings. The summed E-state index contributed by atoms with van der Waals surface area (Å²) in [5.41, 5.74) is 1.50. The number of nitrogens with zero attached hydrogens (tertiary/aromatic N) is 1. The molecule has 1 aliphatic carbocycles. The first-order valence-corrected chi connectivity index (χ1v) is 5.08. The highest BCUT2D eigenvalue weighted by atomic mass is 16.2. The average molecular weight is 193 g/mol. The molecule has 2 N–H and O–H groups in total. The fourth-order valence-electron chi connectivity index (χ4n) is 1.90. The van der Waals surface area contributed by atoms with E-state index in [0.717, 1.165) is 18.4 Å². The summed E-state index contributed by atoms with van der Waals surface area (Å²) in [5, 5.41) is 9.56. The van der Waals surface area contributed by atoms with E-state index in [9.17, 15) is 4.79 Å². The van der Waals surface area contributed by atoms with Crippen LogP contribution in [-0.2, 0) is 0 Å². The number of rotatable bonds is 2. The maximum Gasteiger partial charge on any atom is 0.269 e. The van der Waals surface area contributed by atoms with Crippen molar-refractivity contribution in [2.75, 3.05) is 0 Å². The average Bonchev–Trinajstić information content (AvgIpc) is 2.75. The van der Waals surface area contributed by atoms with E-state index in [1.54, 1.807) is 6.20 Å². The second-order valence-corrected chi connectivity index (χ2v) is 3.88. The molecule has 0 atom stereocenters. The van der Waals surface area contributed by atoms with E-state index in [1.807, 2.05) is 6.92 Å². The van der Waals surface area contributed by atoms with Crippen LogP contribution in [0.4, 0.5) is 0 Å². The van der Waals surface area contributed by atoms with E-state index in [1.165, 1.54) is 12.8 Å². The van der Waals surface area contributed by atoms with Crippen LogP contribution in [0.5, 0.6) is 0 Å². The molecular formula is C10H15N3O. The maximum atomic E-state index is 11.7. The molecule has 1 fully saturated rings. The zero-order chi connectivity index (χ0) is 9.97. The standard InChI is InChI=1S/C10H15N3O/c1-7-6-11-13-9(7)10(14)12-8-4-2-3-5-8/h6,8H,2-5H2,1H3,(H,11,13)(H,12,14). The first kappa shape index (κ1) is 9.24. The number of H-pyrrole nitrogens is 1. The minimum Gasteiger partial charge on any atom is -0.348 e. The number of aromatic amines is 1. The Morgan fingerprint density at radius 2 is 2.29 bits per heavy atom. The fourth-order valence-corrected chi connectivity index (χ4v) is 1.90. The molecule has 1 amide bonds. The van der Waals surface area contributed by atoms with Crippen molar-refractivity contribution in [1.29, 1.82) is 0 Å². The van der Waals surface area contributed by atoms with E-state index in [0.29, 0.717) is 11.7 Å². The van der Waals surface area contributed by atoms with Crippen LogP contribution < -0.4 is 5.32 Å². The Balaban J connectivity index is 1.98. The summed E-state index contributed by atoms with van der Waals surface area (Å²) >= 11 is 0. The Bertz CT molecular complexity index is 326. The van der Waals surface area contributed by atoms with Gasteiger partial charge < -0.3 is 5.32 Å². The molecule has 1 heterocycles. The van der Waals surface area contributed by atoms with Crippen molar-refractivity contribution in [3.8, 4) is 0 Å². The van der Waals surface area contributed by atoms with Crippen LogP contribution in [0.15, 0.2) is 6.20 Å². The molecular weight excluding hydrogens is 178 g/mol. The van der Waals surface area contributed by atoms with Crippen LogP contribution in [0, 0.1) is 6.92 Å². The maximum absolute atomic E-state index is 11.7. The monoisotopic (exact) mass is 193 g/mol. The lowest BCUT2D eigenvalue weighted by atomic mass is 10.2. The number of aromatic nitrogens is 2. The van der Waals surface area contributed by atoms with Crippen LogP contribution in [0.1, 0.15) is 41.7 Å². The summed E-state index contributed by atoms with van der Waals surface area (Å²) in [6.45, 7) is 1.88. The van der Waals surface area contributed by atoms with E-state index < -0.39 is 0 Å². The van der Waals surface area contributed by atoms with Gasteiger partial charge in [-0.15, -0.1) is 0 Å². The zero-order valence-corrected chi connectivity index (χ0v) is 8.34. The van der Waals surface area contributed by atoms with E-state index in [-0.39, 0.29) is 5.91 Å². The van der Waals surface area contributed by atoms with Gasteiger partial charge in [-0.2, -0.15) is 5.10 Å². The highest BCUT2D eigenvalue weighted by Crippen LogP contribution is 2.18. The van der Waals surface area contributed by atoms with Gasteiger partial charge >= 0.3 is 0 Å². The highest BCUT2D eigenvalue weighted by molar-refractivity contribution is 5.93. The van der Waals surface area contributed by atoms with Gasteiger partial charge in [-0.25, -0.2) is 0 Å². The van der Waals surface area contributed by atoms with Crippen LogP contribution in [0.3, 0.4) is 0 Å². The summed E-state index contributed by atoms with van der Waals surface area (Å²) in [7, 11) is 0. The molecule has 0 unspecified atom stereocenters. The van der Waals surface area contributed by atoms with E-state index in [2.05, 4.69) is 15.5 Å². The smallest absolute Gasteiger partial charge is 0.269 e. The Morgan fingerprint density at radius 3 is 2.86 bits per heavy atom. The summed E-state index contributed by atoms with van der Waals surface area (Å²) in [4.78, 5) is 11.7. The Labute approximate surface area is 83.1 Å². The number of hydrogen-bond acceptors (Lipinski definition) is 2. The minimum atomic E-state index is -0.0214. The number of hydrogen-bond donors (Lipinski definition) is 2. The van der Waals surface area contributed by atoms with Crippen molar-refractivity contribution < 1.29 is 4.79 Å². The van der Waals surface area contributed by atoms with Crippen LogP contribution >= 0.6 is 0 Å². The SMILES string of the molecule is Cc1cn[nH]c1C(=O)NC1CCCC1. The topological polar surface area (TPSA) is 57.8 Å². The van der Waals surface area contributed by atoms with Crippen molar-refractivity contribution in [3.63, 3.8) is 0 Å². The van der Waals surface area contributed by atoms with E-state index in [4.69, 9.17) is 0 Å². The molecule has 1 saturated carbocycles. The lowest BCUT2D eigenvalue weighted by Crippen LogP contribution is -2.33. The predicted molar refractivity (Wildman–Crippen MR) is 53.0 cm³/mol. The molecule has 76 valence electrons. The van der Waals surface area contributed by atoms with Crippen molar-refractivity contribution >= 4 is 5.91 Å². The minimum absolute atomic E-state index is 0.0214. The van der Waals surface area contributed by atoms with Gasteiger partial charge in [-0.05, 0) is 25.3 Å². The van der Waals surface area contributed by atoms with Crippen molar-refractivity contribution in [2.24, 2.45) is 0 Å². The van der Waals surface area contributed by atoms with E-state index >= 15 is 0 Å². The molecule has 14 heavy (non-hydrogen) atoms. The molecule has 0 saturated heterocycles.